The molecule has 1 saturated heterocycles. The topological polar surface area (TPSA) is 33.7 Å². The van der Waals surface area contributed by atoms with Crippen LogP contribution in [0.1, 0.15) is 29.2 Å². The predicted molar refractivity (Wildman–Crippen MR) is 99.9 cm³/mol. The molecular formula is C20H20ClF3N2O2. The van der Waals surface area contributed by atoms with Crippen LogP contribution in [0, 0.1) is 0 Å². The molecule has 0 saturated carbocycles. The van der Waals surface area contributed by atoms with Gasteiger partial charge in [0, 0.05) is 19.6 Å². The van der Waals surface area contributed by atoms with Crippen LogP contribution >= 0.6 is 11.6 Å². The second-order valence-electron chi connectivity index (χ2n) is 6.89. The molecule has 0 bridgehead atoms. The molecule has 2 aromatic rings. The van der Waals surface area contributed by atoms with Gasteiger partial charge in [0.05, 0.1) is 16.6 Å². The van der Waals surface area contributed by atoms with Crippen LogP contribution < -0.4 is 14.8 Å². The van der Waals surface area contributed by atoms with Crippen molar-refractivity contribution in [2.75, 3.05) is 33.0 Å². The van der Waals surface area contributed by atoms with Crippen molar-refractivity contribution in [3.63, 3.8) is 0 Å². The van der Waals surface area contributed by atoms with Gasteiger partial charge in [0.15, 0.2) is 11.5 Å². The van der Waals surface area contributed by atoms with E-state index in [2.05, 4.69) is 10.2 Å². The minimum atomic E-state index is -4.51. The summed E-state index contributed by atoms with van der Waals surface area (Å²) in [4.78, 5) is 2.20. The molecule has 1 N–H and O–H groups in total. The first kappa shape index (κ1) is 19.4. The standard InChI is InChI=1S/C20H20ClF3N2O2/c21-16-4-2-13(10-15(16)20(22,23)24)19(26-8-1-6-25-7-9-26)14-3-5-17-18(11-14)28-12-27-17/h2-5,10-11,19,25H,1,6-9,12H2. The summed E-state index contributed by atoms with van der Waals surface area (Å²) in [6.07, 6.45) is -3.59. The van der Waals surface area contributed by atoms with Gasteiger partial charge in [-0.05, 0) is 48.4 Å². The molecule has 150 valence electrons. The number of benzene rings is 2. The molecule has 2 heterocycles. The van der Waals surface area contributed by atoms with E-state index in [1.54, 1.807) is 12.1 Å². The second kappa shape index (κ2) is 7.81. The molecular weight excluding hydrogens is 393 g/mol. The number of ether oxygens (including phenoxy) is 2. The number of nitrogens with zero attached hydrogens (tertiary/aromatic N) is 1. The van der Waals surface area contributed by atoms with Gasteiger partial charge in [0.25, 0.3) is 0 Å². The molecule has 1 unspecified atom stereocenters. The first-order valence-electron chi connectivity index (χ1n) is 9.14. The highest BCUT2D eigenvalue weighted by Crippen LogP contribution is 2.41. The van der Waals surface area contributed by atoms with Crippen LogP contribution in [-0.4, -0.2) is 37.9 Å². The molecule has 1 atom stereocenters. The van der Waals surface area contributed by atoms with E-state index in [9.17, 15) is 13.2 Å². The minimum Gasteiger partial charge on any atom is -0.454 e. The number of nitrogens with one attached hydrogen (secondary N) is 1. The second-order valence-corrected chi connectivity index (χ2v) is 7.30. The summed E-state index contributed by atoms with van der Waals surface area (Å²) in [5.74, 6) is 1.26. The lowest BCUT2D eigenvalue weighted by Crippen LogP contribution is -2.33. The average Bonchev–Trinajstić information content (AvgIpc) is 2.96. The molecule has 1 fully saturated rings. The molecule has 28 heavy (non-hydrogen) atoms. The van der Waals surface area contributed by atoms with Crippen molar-refractivity contribution < 1.29 is 22.6 Å². The van der Waals surface area contributed by atoms with Gasteiger partial charge >= 0.3 is 6.18 Å². The summed E-state index contributed by atoms with van der Waals surface area (Å²) < 4.78 is 51.2. The fourth-order valence-corrected chi connectivity index (χ4v) is 3.98. The predicted octanol–water partition coefficient (Wildman–Crippen LogP) is 4.47. The minimum absolute atomic E-state index is 0.149. The lowest BCUT2D eigenvalue weighted by atomic mass is 9.94. The monoisotopic (exact) mass is 412 g/mol. The molecule has 0 spiro atoms. The molecule has 0 radical (unpaired) electrons. The Morgan fingerprint density at radius 2 is 1.71 bits per heavy atom. The van der Waals surface area contributed by atoms with E-state index >= 15 is 0 Å². The zero-order valence-corrected chi connectivity index (χ0v) is 15.8. The Labute approximate surface area is 166 Å². The number of rotatable bonds is 3. The van der Waals surface area contributed by atoms with Gasteiger partial charge in [-0.25, -0.2) is 0 Å². The zero-order valence-electron chi connectivity index (χ0n) is 15.1. The van der Waals surface area contributed by atoms with E-state index in [-0.39, 0.29) is 17.9 Å². The van der Waals surface area contributed by atoms with E-state index < -0.39 is 11.7 Å². The van der Waals surface area contributed by atoms with E-state index in [1.165, 1.54) is 6.07 Å². The quantitative estimate of drug-likeness (QED) is 0.806. The Bertz CT molecular complexity index is 852. The van der Waals surface area contributed by atoms with Crippen molar-refractivity contribution in [1.29, 1.82) is 0 Å². The first-order valence-corrected chi connectivity index (χ1v) is 9.52. The number of halogens is 4. The van der Waals surface area contributed by atoms with Crippen LogP contribution in [-0.2, 0) is 6.18 Å². The summed E-state index contributed by atoms with van der Waals surface area (Å²) in [6, 6.07) is 9.37. The highest BCUT2D eigenvalue weighted by Gasteiger charge is 2.35. The van der Waals surface area contributed by atoms with Crippen LogP contribution in [0.4, 0.5) is 13.2 Å². The van der Waals surface area contributed by atoms with Crippen molar-refractivity contribution in [2.45, 2.75) is 18.6 Å². The lowest BCUT2D eigenvalue weighted by molar-refractivity contribution is -0.137. The molecule has 2 aliphatic heterocycles. The van der Waals surface area contributed by atoms with Crippen molar-refractivity contribution in [1.82, 2.24) is 10.2 Å². The molecule has 2 aliphatic rings. The molecule has 4 nitrogen and oxygen atoms in total. The van der Waals surface area contributed by atoms with Crippen LogP contribution in [0.15, 0.2) is 36.4 Å². The van der Waals surface area contributed by atoms with Crippen LogP contribution in [0.2, 0.25) is 5.02 Å². The Morgan fingerprint density at radius 1 is 0.964 bits per heavy atom. The molecule has 0 aliphatic carbocycles. The van der Waals surface area contributed by atoms with Gasteiger partial charge in [0.1, 0.15) is 0 Å². The molecule has 0 aromatic heterocycles. The van der Waals surface area contributed by atoms with Gasteiger partial charge in [0.2, 0.25) is 6.79 Å². The van der Waals surface area contributed by atoms with Crippen molar-refractivity contribution in [2.24, 2.45) is 0 Å². The Hall–Kier alpha value is -1.96. The van der Waals surface area contributed by atoms with Gasteiger partial charge < -0.3 is 14.8 Å². The fraction of sp³-hybridized carbons (Fsp3) is 0.400. The first-order chi connectivity index (χ1) is 13.4. The normalized spacial score (nSPS) is 18.7. The zero-order chi connectivity index (χ0) is 19.7. The Balaban J connectivity index is 1.79. The Kier molecular flexibility index (Phi) is 5.40. The van der Waals surface area contributed by atoms with Gasteiger partial charge in [-0.3, -0.25) is 4.90 Å². The third-order valence-corrected chi connectivity index (χ3v) is 5.39. The number of hydrogen-bond acceptors (Lipinski definition) is 4. The van der Waals surface area contributed by atoms with Crippen LogP contribution in [0.25, 0.3) is 0 Å². The number of fused-ring (bicyclic) bond motifs is 1. The van der Waals surface area contributed by atoms with Crippen LogP contribution in [0.5, 0.6) is 11.5 Å². The third-order valence-electron chi connectivity index (χ3n) is 5.06. The van der Waals surface area contributed by atoms with E-state index in [1.807, 2.05) is 12.1 Å². The number of alkyl halides is 3. The molecule has 4 rings (SSSR count). The molecule has 2 aromatic carbocycles. The summed E-state index contributed by atoms with van der Waals surface area (Å²) >= 11 is 5.84. The highest BCUT2D eigenvalue weighted by molar-refractivity contribution is 6.31. The summed E-state index contributed by atoms with van der Waals surface area (Å²) in [5.41, 5.74) is 0.601. The maximum atomic E-state index is 13.4. The summed E-state index contributed by atoms with van der Waals surface area (Å²) in [6.45, 7) is 3.31. The van der Waals surface area contributed by atoms with Gasteiger partial charge in [-0.1, -0.05) is 23.7 Å². The largest absolute Gasteiger partial charge is 0.454 e. The van der Waals surface area contributed by atoms with Crippen molar-refractivity contribution in [3.8, 4) is 11.5 Å². The lowest BCUT2D eigenvalue weighted by Gasteiger charge is -2.32. The van der Waals surface area contributed by atoms with Gasteiger partial charge in [-0.2, -0.15) is 13.2 Å². The molecule has 8 heteroatoms. The number of hydrogen-bond donors (Lipinski definition) is 1. The van der Waals surface area contributed by atoms with Crippen LogP contribution in [0.3, 0.4) is 0 Å². The van der Waals surface area contributed by atoms with Crippen molar-refractivity contribution >= 4 is 11.6 Å². The van der Waals surface area contributed by atoms with E-state index in [4.69, 9.17) is 21.1 Å². The summed E-state index contributed by atoms with van der Waals surface area (Å²) in [5, 5.41) is 3.04. The van der Waals surface area contributed by atoms with Crippen molar-refractivity contribution in [3.05, 3.63) is 58.1 Å². The summed E-state index contributed by atoms with van der Waals surface area (Å²) in [7, 11) is 0. The third kappa shape index (κ3) is 3.92. The SMILES string of the molecule is FC(F)(F)c1cc(C(c2ccc3c(c2)OCO3)N2CCCNCC2)ccc1Cl. The molecule has 0 amide bonds. The maximum Gasteiger partial charge on any atom is 0.417 e. The van der Waals surface area contributed by atoms with E-state index in [0.717, 1.165) is 44.2 Å². The fourth-order valence-electron chi connectivity index (χ4n) is 3.75. The van der Waals surface area contributed by atoms with Gasteiger partial charge in [-0.15, -0.1) is 0 Å². The highest BCUT2D eigenvalue weighted by atomic mass is 35.5. The van der Waals surface area contributed by atoms with E-state index in [0.29, 0.717) is 17.1 Å². The average molecular weight is 413 g/mol. The smallest absolute Gasteiger partial charge is 0.417 e. The maximum absolute atomic E-state index is 13.4. The Morgan fingerprint density at radius 3 is 2.54 bits per heavy atom.